The Kier molecular flexibility index (Phi) is 7.92. The van der Waals surface area contributed by atoms with Crippen molar-refractivity contribution >= 4 is 33.2 Å². The molecule has 1 saturated heterocycles. The van der Waals surface area contributed by atoms with E-state index in [0.29, 0.717) is 48.8 Å². The molecule has 208 valence electrons. The van der Waals surface area contributed by atoms with Gasteiger partial charge in [-0.25, -0.2) is 17.7 Å². The number of hydrogen-bond acceptors (Lipinski definition) is 9. The third-order valence-corrected chi connectivity index (χ3v) is 9.07. The molecule has 0 amide bonds. The number of aromatic nitrogens is 2. The highest BCUT2D eigenvalue weighted by molar-refractivity contribution is 7.89. The van der Waals surface area contributed by atoms with Gasteiger partial charge in [0.05, 0.1) is 11.4 Å². The molecule has 5 rings (SSSR count). The van der Waals surface area contributed by atoms with Crippen molar-refractivity contribution in [3.63, 3.8) is 0 Å². The first kappa shape index (κ1) is 27.2. The molecule has 39 heavy (non-hydrogen) atoms. The van der Waals surface area contributed by atoms with Crippen molar-refractivity contribution in [2.75, 3.05) is 51.0 Å². The highest BCUT2D eigenvalue weighted by Gasteiger charge is 2.29. The number of anilines is 4. The number of benzene rings is 2. The van der Waals surface area contributed by atoms with E-state index in [1.807, 2.05) is 6.92 Å². The Balaban J connectivity index is 1.49. The highest BCUT2D eigenvalue weighted by atomic mass is 32.2. The van der Waals surface area contributed by atoms with Gasteiger partial charge in [0.15, 0.2) is 11.5 Å². The topological polar surface area (TPSA) is 118 Å². The van der Waals surface area contributed by atoms with Crippen LogP contribution in [0, 0.1) is 6.92 Å². The van der Waals surface area contributed by atoms with E-state index in [0.717, 1.165) is 48.5 Å². The van der Waals surface area contributed by atoms with Crippen LogP contribution in [0.4, 0.5) is 23.1 Å². The maximum Gasteiger partial charge on any atom is 0.244 e. The fourth-order valence-electron chi connectivity index (χ4n) is 5.14. The van der Waals surface area contributed by atoms with Crippen molar-refractivity contribution in [2.24, 2.45) is 0 Å². The van der Waals surface area contributed by atoms with Gasteiger partial charge in [-0.1, -0.05) is 19.1 Å². The average Bonchev–Trinajstić information content (AvgIpc) is 2.94. The molecule has 3 heterocycles. The first-order chi connectivity index (χ1) is 18.8. The summed E-state index contributed by atoms with van der Waals surface area (Å²) in [7, 11) is -0.627. The van der Waals surface area contributed by atoms with Crippen molar-refractivity contribution in [1.82, 2.24) is 19.6 Å². The van der Waals surface area contributed by atoms with Crippen LogP contribution in [-0.2, 0) is 16.4 Å². The molecule has 0 unspecified atom stereocenters. The minimum atomic E-state index is -3.66. The maximum absolute atomic E-state index is 12.9. The van der Waals surface area contributed by atoms with Gasteiger partial charge in [-0.3, -0.25) is 0 Å². The lowest BCUT2D eigenvalue weighted by molar-refractivity contribution is 0.169. The van der Waals surface area contributed by atoms with Gasteiger partial charge >= 0.3 is 0 Å². The summed E-state index contributed by atoms with van der Waals surface area (Å²) in [4.78, 5) is 9.47. The Bertz CT molecular complexity index is 1450. The molecule has 2 aliphatic heterocycles. The van der Waals surface area contributed by atoms with Crippen molar-refractivity contribution in [3.05, 3.63) is 53.2 Å². The summed E-state index contributed by atoms with van der Waals surface area (Å²) in [6.45, 7) is 7.08. The lowest BCUT2D eigenvalue weighted by Crippen LogP contribution is -2.28. The maximum atomic E-state index is 12.9. The molecule has 0 saturated carbocycles. The smallest absolute Gasteiger partial charge is 0.244 e. The van der Waals surface area contributed by atoms with Crippen LogP contribution in [0.5, 0.6) is 11.5 Å². The molecule has 0 atom stereocenters. The third kappa shape index (κ3) is 5.52. The number of nitrogens with zero attached hydrogens (tertiary/aromatic N) is 3. The summed E-state index contributed by atoms with van der Waals surface area (Å²) in [5, 5.41) is 10.0. The van der Waals surface area contributed by atoms with Gasteiger partial charge in [0, 0.05) is 31.4 Å². The Morgan fingerprint density at radius 3 is 2.49 bits per heavy atom. The second-order valence-electron chi connectivity index (χ2n) is 9.99. The van der Waals surface area contributed by atoms with Crippen LogP contribution in [0.1, 0.15) is 42.4 Å². The molecule has 0 radical (unpaired) electrons. The van der Waals surface area contributed by atoms with E-state index >= 15 is 0 Å². The highest BCUT2D eigenvalue weighted by Crippen LogP contribution is 2.47. The molecular weight excluding hydrogens is 516 g/mol. The number of fused-ring (bicyclic) bond motifs is 1. The molecule has 3 aromatic rings. The Morgan fingerprint density at radius 2 is 1.77 bits per heavy atom. The van der Waals surface area contributed by atoms with E-state index < -0.39 is 10.0 Å². The van der Waals surface area contributed by atoms with Gasteiger partial charge in [0.2, 0.25) is 16.0 Å². The molecule has 0 aliphatic carbocycles. The summed E-state index contributed by atoms with van der Waals surface area (Å²) in [5.41, 5.74) is 4.41. The van der Waals surface area contributed by atoms with Gasteiger partial charge < -0.3 is 25.4 Å². The van der Waals surface area contributed by atoms with Gasteiger partial charge in [-0.2, -0.15) is 4.98 Å². The van der Waals surface area contributed by atoms with Crippen LogP contribution in [0.25, 0.3) is 0 Å². The quantitative estimate of drug-likeness (QED) is 0.375. The summed E-state index contributed by atoms with van der Waals surface area (Å²) in [6.07, 6.45) is 4.54. The fourth-order valence-corrected chi connectivity index (χ4v) is 6.18. The van der Waals surface area contributed by atoms with E-state index in [9.17, 15) is 8.42 Å². The van der Waals surface area contributed by atoms with E-state index in [-0.39, 0.29) is 4.90 Å². The second kappa shape index (κ2) is 11.4. The SMILES string of the molecule is CCc1cnc(Nc2cc(C)c(C3CCNCC3)c3c2OCCO3)nc1Nc1ccccc1S(=O)(=O)N(C)C. The second-order valence-corrected chi connectivity index (χ2v) is 12.1. The van der Waals surface area contributed by atoms with Crippen LogP contribution in [0.15, 0.2) is 41.4 Å². The van der Waals surface area contributed by atoms with Crippen molar-refractivity contribution in [3.8, 4) is 11.5 Å². The van der Waals surface area contributed by atoms with E-state index in [4.69, 9.17) is 14.5 Å². The van der Waals surface area contributed by atoms with Crippen molar-refractivity contribution in [2.45, 2.75) is 43.9 Å². The van der Waals surface area contributed by atoms with Gasteiger partial charge in [0.25, 0.3) is 0 Å². The monoisotopic (exact) mass is 552 g/mol. The predicted octanol–water partition coefficient (Wildman–Crippen LogP) is 4.32. The first-order valence-corrected chi connectivity index (χ1v) is 14.8. The number of hydrogen-bond donors (Lipinski definition) is 3. The molecular formula is C28H36N6O4S. The minimum absolute atomic E-state index is 0.175. The summed E-state index contributed by atoms with van der Waals surface area (Å²) < 4.78 is 39.3. The number of aryl methyl sites for hydroxylation is 2. The lowest BCUT2D eigenvalue weighted by Gasteiger charge is -2.30. The Hall–Kier alpha value is -3.41. The molecule has 2 aromatic carbocycles. The zero-order valence-corrected chi connectivity index (χ0v) is 23.7. The number of piperidine rings is 1. The largest absolute Gasteiger partial charge is 0.486 e. The molecule has 3 N–H and O–H groups in total. The van der Waals surface area contributed by atoms with Crippen molar-refractivity contribution < 1.29 is 17.9 Å². The predicted molar refractivity (Wildman–Crippen MR) is 152 cm³/mol. The third-order valence-electron chi connectivity index (χ3n) is 7.20. The van der Waals surface area contributed by atoms with Gasteiger partial charge in [-0.05, 0) is 69.0 Å². The molecule has 2 aliphatic rings. The standard InChI is InChI=1S/C28H36N6O4S/c1-5-19-17-30-28(33-27(19)31-21-8-6-7-9-23(21)39(35,36)34(3)4)32-22-16-18(2)24(20-10-12-29-13-11-20)26-25(22)37-14-15-38-26/h6-9,16-17,20,29H,5,10-15H2,1-4H3,(H2,30,31,32,33). The summed E-state index contributed by atoms with van der Waals surface area (Å²) in [6, 6.07) is 8.89. The van der Waals surface area contributed by atoms with Crippen LogP contribution >= 0.6 is 0 Å². The summed E-state index contributed by atoms with van der Waals surface area (Å²) in [5.74, 6) is 2.81. The van der Waals surface area contributed by atoms with Crippen LogP contribution in [-0.4, -0.2) is 63.1 Å². The van der Waals surface area contributed by atoms with E-state index in [1.165, 1.54) is 24.0 Å². The first-order valence-electron chi connectivity index (χ1n) is 13.3. The molecule has 1 fully saturated rings. The molecule has 11 heteroatoms. The molecule has 0 spiro atoms. The van der Waals surface area contributed by atoms with Crippen LogP contribution < -0.4 is 25.4 Å². The van der Waals surface area contributed by atoms with E-state index in [2.05, 4.69) is 33.9 Å². The molecule has 10 nitrogen and oxygen atoms in total. The lowest BCUT2D eigenvalue weighted by atomic mass is 9.86. The Labute approximate surface area is 230 Å². The zero-order chi connectivity index (χ0) is 27.6. The minimum Gasteiger partial charge on any atom is -0.486 e. The van der Waals surface area contributed by atoms with Crippen LogP contribution in [0.3, 0.4) is 0 Å². The number of sulfonamides is 1. The fraction of sp³-hybridized carbons (Fsp3) is 0.429. The zero-order valence-electron chi connectivity index (χ0n) is 22.9. The van der Waals surface area contributed by atoms with Gasteiger partial charge in [-0.15, -0.1) is 0 Å². The average molecular weight is 553 g/mol. The number of ether oxygens (including phenoxy) is 2. The van der Waals surface area contributed by atoms with Gasteiger partial charge in [0.1, 0.15) is 23.9 Å². The normalized spacial score (nSPS) is 15.8. The number of para-hydroxylation sites is 1. The van der Waals surface area contributed by atoms with Crippen molar-refractivity contribution in [1.29, 1.82) is 0 Å². The Morgan fingerprint density at radius 1 is 1.05 bits per heavy atom. The molecule has 1 aromatic heterocycles. The number of nitrogens with one attached hydrogen (secondary N) is 3. The van der Waals surface area contributed by atoms with Crippen LogP contribution in [0.2, 0.25) is 0 Å². The summed E-state index contributed by atoms with van der Waals surface area (Å²) >= 11 is 0. The van der Waals surface area contributed by atoms with E-state index in [1.54, 1.807) is 30.5 Å². The number of rotatable bonds is 8. The molecule has 0 bridgehead atoms.